The lowest BCUT2D eigenvalue weighted by Gasteiger charge is -2.10. The Kier molecular flexibility index (Phi) is 6.22. The van der Waals surface area contributed by atoms with Crippen molar-refractivity contribution in [1.82, 2.24) is 15.3 Å². The van der Waals surface area contributed by atoms with Gasteiger partial charge in [0.1, 0.15) is 11.6 Å². The van der Waals surface area contributed by atoms with Crippen LogP contribution in [0.1, 0.15) is 37.7 Å². The van der Waals surface area contributed by atoms with Crippen LogP contribution in [-0.4, -0.2) is 21.8 Å². The number of primary amides is 1. The molecule has 3 rings (SSSR count). The number of aromatic nitrogens is 2. The Balaban J connectivity index is 1.74. The zero-order chi connectivity index (χ0) is 21.8. The number of halogens is 3. The summed E-state index contributed by atoms with van der Waals surface area (Å²) in [6, 6.07) is 8.42. The van der Waals surface area contributed by atoms with Crippen molar-refractivity contribution in [3.05, 3.63) is 87.3 Å². The van der Waals surface area contributed by atoms with Gasteiger partial charge >= 0.3 is 0 Å². The Bertz CT molecular complexity index is 1140. The first-order chi connectivity index (χ1) is 14.3. The minimum Gasteiger partial charge on any atom is -0.382 e. The van der Waals surface area contributed by atoms with Crippen molar-refractivity contribution in [3.8, 4) is 0 Å². The minimum atomic E-state index is -0.793. The van der Waals surface area contributed by atoms with Crippen LogP contribution in [0.15, 0.2) is 42.6 Å². The van der Waals surface area contributed by atoms with Crippen molar-refractivity contribution >= 4 is 29.2 Å². The molecule has 154 valence electrons. The number of nitrogen functional groups attached to an aromatic ring is 1. The Morgan fingerprint density at radius 3 is 2.60 bits per heavy atom. The molecule has 7 nitrogen and oxygen atoms in total. The van der Waals surface area contributed by atoms with E-state index in [2.05, 4.69) is 15.3 Å². The zero-order valence-electron chi connectivity index (χ0n) is 15.5. The Morgan fingerprint density at radius 2 is 1.87 bits per heavy atom. The average Bonchev–Trinajstić information content (AvgIpc) is 2.72. The number of carbonyl (C=O) groups is 2. The molecule has 3 aromatic rings. The second-order valence-electron chi connectivity index (χ2n) is 6.34. The molecule has 1 heterocycles. The summed E-state index contributed by atoms with van der Waals surface area (Å²) in [6.45, 7) is -0.281. The smallest absolute Gasteiger partial charge is 0.271 e. The molecule has 2 aromatic carbocycles. The molecule has 30 heavy (non-hydrogen) atoms. The van der Waals surface area contributed by atoms with Gasteiger partial charge in [0, 0.05) is 24.1 Å². The third kappa shape index (κ3) is 4.69. The van der Waals surface area contributed by atoms with Crippen LogP contribution in [0.3, 0.4) is 0 Å². The largest absolute Gasteiger partial charge is 0.382 e. The lowest BCUT2D eigenvalue weighted by molar-refractivity contribution is 0.0949. The number of benzene rings is 2. The fraction of sp³-hybridized carbons (Fsp3) is 0.100. The van der Waals surface area contributed by atoms with E-state index in [1.807, 2.05) is 0 Å². The van der Waals surface area contributed by atoms with E-state index in [0.29, 0.717) is 16.8 Å². The second-order valence-corrected chi connectivity index (χ2v) is 6.72. The number of nitrogens with one attached hydrogen (secondary N) is 1. The third-order valence-corrected chi connectivity index (χ3v) is 4.63. The maximum atomic E-state index is 13.9. The van der Waals surface area contributed by atoms with Crippen molar-refractivity contribution in [2.75, 3.05) is 5.73 Å². The van der Waals surface area contributed by atoms with Crippen LogP contribution >= 0.6 is 11.6 Å². The van der Waals surface area contributed by atoms with E-state index in [4.69, 9.17) is 23.1 Å². The van der Waals surface area contributed by atoms with Gasteiger partial charge in [-0.05, 0) is 29.8 Å². The van der Waals surface area contributed by atoms with Crippen LogP contribution in [0.4, 0.5) is 14.6 Å². The molecule has 0 saturated heterocycles. The lowest BCUT2D eigenvalue weighted by Crippen LogP contribution is -2.23. The third-order valence-electron chi connectivity index (χ3n) is 4.22. The number of carbonyl (C=O) groups excluding carboxylic acids is 2. The van der Waals surface area contributed by atoms with Crippen molar-refractivity contribution in [1.29, 1.82) is 0 Å². The van der Waals surface area contributed by atoms with Crippen LogP contribution < -0.4 is 16.8 Å². The number of nitrogens with zero attached hydrogens (tertiary/aromatic N) is 2. The van der Waals surface area contributed by atoms with Gasteiger partial charge in [-0.25, -0.2) is 18.7 Å². The Hall–Kier alpha value is -3.59. The fourth-order valence-electron chi connectivity index (χ4n) is 2.73. The van der Waals surface area contributed by atoms with Gasteiger partial charge in [0.15, 0.2) is 11.5 Å². The summed E-state index contributed by atoms with van der Waals surface area (Å²) in [5.41, 5.74) is 11.9. The monoisotopic (exact) mass is 431 g/mol. The van der Waals surface area contributed by atoms with Gasteiger partial charge in [-0.15, -0.1) is 0 Å². The molecular formula is C20H16ClF2N5O2. The lowest BCUT2D eigenvalue weighted by atomic mass is 10.1. The molecule has 1 aromatic heterocycles. The molecule has 0 radical (unpaired) electrons. The van der Waals surface area contributed by atoms with Gasteiger partial charge in [0.25, 0.3) is 11.8 Å². The number of anilines is 1. The minimum absolute atomic E-state index is 0.0670. The normalized spacial score (nSPS) is 10.6. The summed E-state index contributed by atoms with van der Waals surface area (Å²) >= 11 is 5.77. The second kappa shape index (κ2) is 8.83. The van der Waals surface area contributed by atoms with Crippen molar-refractivity contribution in [2.45, 2.75) is 13.0 Å². The highest BCUT2D eigenvalue weighted by atomic mass is 35.5. The summed E-state index contributed by atoms with van der Waals surface area (Å²) in [6.07, 6.45) is 1.67. The van der Waals surface area contributed by atoms with Gasteiger partial charge in [0.2, 0.25) is 0 Å². The molecule has 0 saturated carbocycles. The predicted octanol–water partition coefficient (Wildman–Crippen LogP) is 2.61. The summed E-state index contributed by atoms with van der Waals surface area (Å²) in [5, 5.41) is 2.13. The first-order valence-corrected chi connectivity index (χ1v) is 9.04. The van der Waals surface area contributed by atoms with Gasteiger partial charge in [-0.1, -0.05) is 23.7 Å². The Labute approximate surface area is 175 Å². The summed E-state index contributed by atoms with van der Waals surface area (Å²) in [5.74, 6) is -2.86. The highest BCUT2D eigenvalue weighted by molar-refractivity contribution is 6.31. The summed E-state index contributed by atoms with van der Waals surface area (Å²) < 4.78 is 27.4. The van der Waals surface area contributed by atoms with Crippen LogP contribution in [0.2, 0.25) is 5.02 Å². The highest BCUT2D eigenvalue weighted by Crippen LogP contribution is 2.22. The van der Waals surface area contributed by atoms with Crippen LogP contribution in [0.25, 0.3) is 0 Å². The van der Waals surface area contributed by atoms with Crippen molar-refractivity contribution < 1.29 is 18.4 Å². The van der Waals surface area contributed by atoms with Crippen LogP contribution in [0.5, 0.6) is 0 Å². The number of amides is 2. The molecule has 0 bridgehead atoms. The van der Waals surface area contributed by atoms with Crippen molar-refractivity contribution in [2.24, 2.45) is 5.73 Å². The molecule has 0 atom stereocenters. The first kappa shape index (κ1) is 21.1. The SMILES string of the molecule is NC(=O)c1nc(Cc2cccc(C(=O)NCc3c(F)ccc(F)c3Cl)c2)cnc1N. The van der Waals surface area contributed by atoms with E-state index in [-0.39, 0.29) is 35.1 Å². The molecule has 0 spiro atoms. The van der Waals surface area contributed by atoms with E-state index in [1.54, 1.807) is 24.3 Å². The standard InChI is InChI=1S/C20H16ClF2N5O2/c21-16-13(14(22)4-5-15(16)23)9-27-20(30)11-3-1-2-10(6-11)7-12-8-26-18(24)17(28-12)19(25)29/h1-6,8H,7,9H2,(H2,24,26)(H2,25,29)(H,27,30). The van der Waals surface area contributed by atoms with Gasteiger partial charge in [-0.3, -0.25) is 9.59 Å². The first-order valence-electron chi connectivity index (χ1n) is 8.67. The Morgan fingerprint density at radius 1 is 1.13 bits per heavy atom. The number of nitrogens with two attached hydrogens (primary N) is 2. The van der Waals surface area contributed by atoms with Gasteiger partial charge < -0.3 is 16.8 Å². The van der Waals surface area contributed by atoms with E-state index in [9.17, 15) is 18.4 Å². The quantitative estimate of drug-likeness (QED) is 0.517. The number of rotatable bonds is 6. The summed E-state index contributed by atoms with van der Waals surface area (Å²) in [7, 11) is 0. The molecule has 0 aliphatic heterocycles. The zero-order valence-corrected chi connectivity index (χ0v) is 16.2. The molecule has 0 aliphatic carbocycles. The molecule has 0 fully saturated rings. The molecular weight excluding hydrogens is 416 g/mol. The molecule has 5 N–H and O–H groups in total. The van der Waals surface area contributed by atoms with Gasteiger partial charge in [0.05, 0.1) is 16.9 Å². The van der Waals surface area contributed by atoms with Crippen molar-refractivity contribution in [3.63, 3.8) is 0 Å². The van der Waals surface area contributed by atoms with E-state index in [0.717, 1.165) is 12.1 Å². The molecule has 10 heteroatoms. The topological polar surface area (TPSA) is 124 Å². The fourth-order valence-corrected chi connectivity index (χ4v) is 2.96. The number of hydrogen-bond acceptors (Lipinski definition) is 5. The van der Waals surface area contributed by atoms with Crippen LogP contribution in [-0.2, 0) is 13.0 Å². The maximum Gasteiger partial charge on any atom is 0.271 e. The van der Waals surface area contributed by atoms with E-state index in [1.165, 1.54) is 6.20 Å². The van der Waals surface area contributed by atoms with Gasteiger partial charge in [-0.2, -0.15) is 0 Å². The maximum absolute atomic E-state index is 13.9. The summed E-state index contributed by atoms with van der Waals surface area (Å²) in [4.78, 5) is 31.8. The number of hydrogen-bond donors (Lipinski definition) is 3. The predicted molar refractivity (Wildman–Crippen MR) is 107 cm³/mol. The van der Waals surface area contributed by atoms with Crippen LogP contribution in [0, 0.1) is 11.6 Å². The molecule has 2 amide bonds. The average molecular weight is 432 g/mol. The van der Waals surface area contributed by atoms with E-state index >= 15 is 0 Å². The molecule has 0 aliphatic rings. The highest BCUT2D eigenvalue weighted by Gasteiger charge is 2.15. The van der Waals surface area contributed by atoms with E-state index < -0.39 is 23.4 Å². The molecule has 0 unspecified atom stereocenters.